The molecule has 3 rings (SSSR count). The molecule has 0 aliphatic carbocycles. The second-order valence-corrected chi connectivity index (χ2v) is 6.01. The lowest BCUT2D eigenvalue weighted by atomic mass is 10.2. The van der Waals surface area contributed by atoms with Crippen molar-refractivity contribution in [3.63, 3.8) is 0 Å². The summed E-state index contributed by atoms with van der Waals surface area (Å²) in [5.74, 6) is -0.257. The van der Waals surface area contributed by atoms with Gasteiger partial charge in [0.25, 0.3) is 5.91 Å². The predicted octanol–water partition coefficient (Wildman–Crippen LogP) is 4.42. The van der Waals surface area contributed by atoms with Crippen molar-refractivity contribution in [3.8, 4) is 10.6 Å². The lowest BCUT2D eigenvalue weighted by molar-refractivity contribution is 0.103. The standard InChI is InChI=1S/C16H12ClN3OS/c1-10-5-2-3-7-12(10)19-15(21)13-14(17)20-16(22-13)11-6-4-8-18-9-11/h2-9H,1H3,(H,19,21). The number of carbonyl (C=O) groups is 1. The van der Waals surface area contributed by atoms with Gasteiger partial charge in [0, 0.05) is 23.6 Å². The second-order valence-electron chi connectivity index (χ2n) is 4.65. The van der Waals surface area contributed by atoms with Gasteiger partial charge >= 0.3 is 0 Å². The number of hydrogen-bond acceptors (Lipinski definition) is 4. The summed E-state index contributed by atoms with van der Waals surface area (Å²) in [7, 11) is 0. The summed E-state index contributed by atoms with van der Waals surface area (Å²) in [5, 5.41) is 3.74. The van der Waals surface area contributed by atoms with Crippen molar-refractivity contribution >= 4 is 34.5 Å². The van der Waals surface area contributed by atoms with Gasteiger partial charge in [0.2, 0.25) is 0 Å². The quantitative estimate of drug-likeness (QED) is 0.774. The van der Waals surface area contributed by atoms with E-state index in [2.05, 4.69) is 15.3 Å². The highest BCUT2D eigenvalue weighted by molar-refractivity contribution is 7.17. The third-order valence-electron chi connectivity index (χ3n) is 3.09. The zero-order valence-corrected chi connectivity index (χ0v) is 13.3. The Morgan fingerprint density at radius 1 is 1.23 bits per heavy atom. The molecule has 1 aromatic carbocycles. The summed E-state index contributed by atoms with van der Waals surface area (Å²) in [6.45, 7) is 1.94. The fraction of sp³-hybridized carbons (Fsp3) is 0.0625. The number of amides is 1. The average molecular weight is 330 g/mol. The van der Waals surface area contributed by atoms with E-state index in [0.717, 1.165) is 16.8 Å². The zero-order chi connectivity index (χ0) is 15.5. The van der Waals surface area contributed by atoms with Crippen LogP contribution in [0.5, 0.6) is 0 Å². The van der Waals surface area contributed by atoms with Crippen LogP contribution in [0.2, 0.25) is 5.15 Å². The van der Waals surface area contributed by atoms with Crippen LogP contribution in [0.4, 0.5) is 5.69 Å². The normalized spacial score (nSPS) is 10.5. The van der Waals surface area contributed by atoms with Gasteiger partial charge in [0.05, 0.1) is 0 Å². The summed E-state index contributed by atoms with van der Waals surface area (Å²) in [6.07, 6.45) is 3.38. The number of rotatable bonds is 3. The molecule has 2 heterocycles. The smallest absolute Gasteiger partial charge is 0.268 e. The molecular formula is C16H12ClN3OS. The molecule has 1 N–H and O–H groups in total. The maximum atomic E-state index is 12.4. The second kappa shape index (κ2) is 6.25. The fourth-order valence-electron chi connectivity index (χ4n) is 1.95. The van der Waals surface area contributed by atoms with Crippen LogP contribution in [0.25, 0.3) is 10.6 Å². The molecule has 6 heteroatoms. The molecule has 0 aliphatic rings. The minimum absolute atomic E-state index is 0.204. The number of hydrogen-bond donors (Lipinski definition) is 1. The number of aromatic nitrogens is 2. The molecule has 0 atom stereocenters. The number of thiazole rings is 1. The summed E-state index contributed by atoms with van der Waals surface area (Å²) in [6, 6.07) is 11.3. The minimum atomic E-state index is -0.257. The van der Waals surface area contributed by atoms with E-state index in [1.54, 1.807) is 12.4 Å². The summed E-state index contributed by atoms with van der Waals surface area (Å²) in [4.78, 5) is 21.1. The highest BCUT2D eigenvalue weighted by Gasteiger charge is 2.18. The fourth-order valence-corrected chi connectivity index (χ4v) is 3.13. The van der Waals surface area contributed by atoms with Crippen LogP contribution in [0, 0.1) is 6.92 Å². The number of aryl methyl sites for hydroxylation is 1. The number of nitrogens with one attached hydrogen (secondary N) is 1. The van der Waals surface area contributed by atoms with E-state index >= 15 is 0 Å². The van der Waals surface area contributed by atoms with Crippen LogP contribution >= 0.6 is 22.9 Å². The monoisotopic (exact) mass is 329 g/mol. The SMILES string of the molecule is Cc1ccccc1NC(=O)c1sc(-c2cccnc2)nc1Cl. The maximum Gasteiger partial charge on any atom is 0.268 e. The van der Waals surface area contributed by atoms with Crippen molar-refractivity contribution < 1.29 is 4.79 Å². The van der Waals surface area contributed by atoms with Crippen molar-refractivity contribution in [1.29, 1.82) is 0 Å². The lowest BCUT2D eigenvalue weighted by Crippen LogP contribution is -2.11. The van der Waals surface area contributed by atoms with Gasteiger partial charge in [-0.2, -0.15) is 0 Å². The van der Waals surface area contributed by atoms with E-state index < -0.39 is 0 Å². The van der Waals surface area contributed by atoms with E-state index in [0.29, 0.717) is 9.88 Å². The van der Waals surface area contributed by atoms with E-state index in [4.69, 9.17) is 11.6 Å². The van der Waals surface area contributed by atoms with Crippen LogP contribution < -0.4 is 5.32 Å². The number of benzene rings is 1. The Balaban J connectivity index is 1.88. The predicted molar refractivity (Wildman–Crippen MR) is 89.5 cm³/mol. The summed E-state index contributed by atoms with van der Waals surface area (Å²) < 4.78 is 0. The van der Waals surface area contributed by atoms with Gasteiger partial charge in [-0.05, 0) is 30.7 Å². The third-order valence-corrected chi connectivity index (χ3v) is 4.58. The molecule has 0 aliphatic heterocycles. The van der Waals surface area contributed by atoms with Gasteiger partial charge in [0.15, 0.2) is 5.15 Å². The van der Waals surface area contributed by atoms with Crippen molar-refractivity contribution in [2.24, 2.45) is 0 Å². The largest absolute Gasteiger partial charge is 0.321 e. The molecule has 110 valence electrons. The first-order valence-electron chi connectivity index (χ1n) is 6.59. The Hall–Kier alpha value is -2.24. The van der Waals surface area contributed by atoms with Crippen LogP contribution in [0.15, 0.2) is 48.8 Å². The first-order chi connectivity index (χ1) is 10.6. The summed E-state index contributed by atoms with van der Waals surface area (Å²) in [5.41, 5.74) is 2.59. The molecule has 0 spiro atoms. The van der Waals surface area contributed by atoms with E-state index in [1.165, 1.54) is 11.3 Å². The number of halogens is 1. The minimum Gasteiger partial charge on any atom is -0.321 e. The van der Waals surface area contributed by atoms with Gasteiger partial charge in [-0.3, -0.25) is 9.78 Å². The van der Waals surface area contributed by atoms with Crippen molar-refractivity contribution in [2.75, 3.05) is 5.32 Å². The van der Waals surface area contributed by atoms with Crippen LogP contribution in [-0.4, -0.2) is 15.9 Å². The third kappa shape index (κ3) is 3.00. The molecule has 4 nitrogen and oxygen atoms in total. The molecule has 0 saturated heterocycles. The van der Waals surface area contributed by atoms with Crippen LogP contribution in [0.3, 0.4) is 0 Å². The van der Waals surface area contributed by atoms with Gasteiger partial charge in [-0.25, -0.2) is 4.98 Å². The Morgan fingerprint density at radius 2 is 2.05 bits per heavy atom. The van der Waals surface area contributed by atoms with Gasteiger partial charge in [-0.1, -0.05) is 29.8 Å². The number of para-hydroxylation sites is 1. The molecule has 3 aromatic rings. The van der Waals surface area contributed by atoms with Gasteiger partial charge in [0.1, 0.15) is 9.88 Å². The average Bonchev–Trinajstić information content (AvgIpc) is 2.92. The molecule has 0 saturated carbocycles. The van der Waals surface area contributed by atoms with E-state index in [9.17, 15) is 4.79 Å². The maximum absolute atomic E-state index is 12.4. The Labute approximate surface area is 136 Å². The molecule has 2 aromatic heterocycles. The Morgan fingerprint density at radius 3 is 2.77 bits per heavy atom. The Kier molecular flexibility index (Phi) is 4.18. The zero-order valence-electron chi connectivity index (χ0n) is 11.7. The molecule has 0 bridgehead atoms. The highest BCUT2D eigenvalue weighted by atomic mass is 35.5. The van der Waals surface area contributed by atoms with Crippen molar-refractivity contribution in [1.82, 2.24) is 9.97 Å². The van der Waals surface area contributed by atoms with Gasteiger partial charge < -0.3 is 5.32 Å². The van der Waals surface area contributed by atoms with Crippen LogP contribution in [0.1, 0.15) is 15.2 Å². The molecule has 1 amide bonds. The molecule has 0 unspecified atom stereocenters. The molecule has 0 radical (unpaired) electrons. The number of carbonyl (C=O) groups excluding carboxylic acids is 1. The van der Waals surface area contributed by atoms with E-state index in [-0.39, 0.29) is 11.1 Å². The summed E-state index contributed by atoms with van der Waals surface area (Å²) >= 11 is 7.36. The van der Waals surface area contributed by atoms with Crippen molar-refractivity contribution in [3.05, 3.63) is 64.4 Å². The molecule has 0 fully saturated rings. The molecule has 22 heavy (non-hydrogen) atoms. The van der Waals surface area contributed by atoms with E-state index in [1.807, 2.05) is 43.3 Å². The lowest BCUT2D eigenvalue weighted by Gasteiger charge is -2.06. The topological polar surface area (TPSA) is 54.9 Å². The number of pyridine rings is 1. The Bertz CT molecular complexity index is 817. The highest BCUT2D eigenvalue weighted by Crippen LogP contribution is 2.31. The first kappa shape index (κ1) is 14.7. The van der Waals surface area contributed by atoms with Crippen molar-refractivity contribution in [2.45, 2.75) is 6.92 Å². The first-order valence-corrected chi connectivity index (χ1v) is 7.78. The number of nitrogens with zero attached hydrogens (tertiary/aromatic N) is 2. The van der Waals surface area contributed by atoms with Gasteiger partial charge in [-0.15, -0.1) is 11.3 Å². The molecular weight excluding hydrogens is 318 g/mol. The van der Waals surface area contributed by atoms with Crippen LogP contribution in [-0.2, 0) is 0 Å². The number of anilines is 1.